The predicted octanol–water partition coefficient (Wildman–Crippen LogP) is 0.00920. The van der Waals surface area contributed by atoms with E-state index in [0.29, 0.717) is 13.2 Å². The Hall–Kier alpha value is -1.03. The molecule has 0 bridgehead atoms. The van der Waals surface area contributed by atoms with E-state index >= 15 is 0 Å². The minimum absolute atomic E-state index is 0.482. The SMILES string of the molecule is CC1(C(=O)C=[N+]=[N-])OCCCO1. The molecule has 1 saturated heterocycles. The summed E-state index contributed by atoms with van der Waals surface area (Å²) >= 11 is 0. The van der Waals surface area contributed by atoms with Gasteiger partial charge in [0.1, 0.15) is 0 Å². The van der Waals surface area contributed by atoms with E-state index < -0.39 is 11.6 Å². The van der Waals surface area contributed by atoms with Gasteiger partial charge >= 0.3 is 6.21 Å². The van der Waals surface area contributed by atoms with Gasteiger partial charge in [-0.2, -0.15) is 4.79 Å². The van der Waals surface area contributed by atoms with Crippen molar-refractivity contribution in [2.75, 3.05) is 13.2 Å². The van der Waals surface area contributed by atoms with Crippen LogP contribution < -0.4 is 0 Å². The Labute approximate surface area is 69.9 Å². The van der Waals surface area contributed by atoms with E-state index in [1.165, 1.54) is 6.92 Å². The highest BCUT2D eigenvalue weighted by Gasteiger charge is 2.38. The van der Waals surface area contributed by atoms with Crippen molar-refractivity contribution in [3.63, 3.8) is 0 Å². The van der Waals surface area contributed by atoms with Crippen molar-refractivity contribution in [2.24, 2.45) is 0 Å². The summed E-state index contributed by atoms with van der Waals surface area (Å²) in [5.74, 6) is -1.74. The van der Waals surface area contributed by atoms with Crippen LogP contribution in [0.1, 0.15) is 13.3 Å². The molecule has 0 unspecified atom stereocenters. The molecule has 0 aromatic heterocycles. The number of Topliss-reactive ketones (excluding diaryl/α,β-unsaturated/α-hetero) is 1. The lowest BCUT2D eigenvalue weighted by molar-refractivity contribution is -0.240. The molecule has 0 spiro atoms. The average Bonchev–Trinajstić information content (AvgIpc) is 2.06. The van der Waals surface area contributed by atoms with Gasteiger partial charge in [0.25, 0.3) is 5.78 Å². The van der Waals surface area contributed by atoms with Gasteiger partial charge in [-0.1, -0.05) is 0 Å². The molecule has 5 nitrogen and oxygen atoms in total. The van der Waals surface area contributed by atoms with Crippen LogP contribution in [0, 0.1) is 0 Å². The van der Waals surface area contributed by atoms with E-state index in [2.05, 4.69) is 4.79 Å². The van der Waals surface area contributed by atoms with Gasteiger partial charge in [0.05, 0.1) is 13.2 Å². The monoisotopic (exact) mass is 170 g/mol. The fourth-order valence-electron chi connectivity index (χ4n) is 0.946. The van der Waals surface area contributed by atoms with Crippen molar-refractivity contribution in [3.05, 3.63) is 5.53 Å². The lowest BCUT2D eigenvalue weighted by Crippen LogP contribution is -2.45. The molecule has 5 heteroatoms. The quantitative estimate of drug-likeness (QED) is 0.333. The van der Waals surface area contributed by atoms with E-state index in [0.717, 1.165) is 12.6 Å². The zero-order valence-corrected chi connectivity index (χ0v) is 6.82. The molecule has 12 heavy (non-hydrogen) atoms. The van der Waals surface area contributed by atoms with E-state index in [9.17, 15) is 4.79 Å². The summed E-state index contributed by atoms with van der Waals surface area (Å²) in [7, 11) is 0. The maximum absolute atomic E-state index is 11.2. The Morgan fingerprint density at radius 2 is 2.17 bits per heavy atom. The third-order valence-corrected chi connectivity index (χ3v) is 1.67. The molecule has 0 atom stereocenters. The van der Waals surface area contributed by atoms with Crippen LogP contribution in [0.2, 0.25) is 0 Å². The number of ether oxygens (including phenoxy) is 2. The van der Waals surface area contributed by atoms with Gasteiger partial charge in [-0.3, -0.25) is 4.79 Å². The van der Waals surface area contributed by atoms with E-state index in [-0.39, 0.29) is 0 Å². The highest BCUT2D eigenvalue weighted by Crippen LogP contribution is 2.17. The van der Waals surface area contributed by atoms with Crippen LogP contribution in [0.15, 0.2) is 0 Å². The number of hydrogen-bond donors (Lipinski definition) is 0. The molecule has 0 aliphatic carbocycles. The second-order valence-electron chi connectivity index (χ2n) is 2.61. The summed E-state index contributed by atoms with van der Waals surface area (Å²) in [4.78, 5) is 13.8. The lowest BCUT2D eigenvalue weighted by Gasteiger charge is -2.29. The second-order valence-corrected chi connectivity index (χ2v) is 2.61. The summed E-state index contributed by atoms with van der Waals surface area (Å²) < 4.78 is 10.2. The minimum Gasteiger partial charge on any atom is -0.361 e. The van der Waals surface area contributed by atoms with Crippen LogP contribution in [-0.4, -0.2) is 35.8 Å². The van der Waals surface area contributed by atoms with Gasteiger partial charge in [0, 0.05) is 0 Å². The molecule has 1 fully saturated rings. The van der Waals surface area contributed by atoms with Crippen LogP contribution >= 0.6 is 0 Å². The Bertz CT molecular complexity index is 227. The topological polar surface area (TPSA) is 71.9 Å². The van der Waals surface area contributed by atoms with Crippen LogP contribution in [0.3, 0.4) is 0 Å². The Morgan fingerprint density at radius 3 is 2.67 bits per heavy atom. The molecule has 1 aliphatic rings. The van der Waals surface area contributed by atoms with Gasteiger partial charge in [0.15, 0.2) is 0 Å². The number of rotatable bonds is 2. The van der Waals surface area contributed by atoms with Crippen molar-refractivity contribution in [2.45, 2.75) is 19.1 Å². The normalized spacial score (nSPS) is 21.1. The maximum Gasteiger partial charge on any atom is 0.328 e. The Kier molecular flexibility index (Phi) is 2.70. The number of carbonyl (C=O) groups is 1. The highest BCUT2D eigenvalue weighted by atomic mass is 16.7. The molecule has 66 valence electrons. The van der Waals surface area contributed by atoms with Gasteiger partial charge in [-0.15, -0.1) is 0 Å². The standard InChI is InChI=1S/C7H10N2O3/c1-7(6(10)5-9-8)11-3-2-4-12-7/h5H,2-4H2,1H3. The van der Waals surface area contributed by atoms with Crippen molar-refractivity contribution in [1.29, 1.82) is 0 Å². The lowest BCUT2D eigenvalue weighted by atomic mass is 10.2. The molecule has 0 amide bonds. The summed E-state index contributed by atoms with van der Waals surface area (Å²) in [6, 6.07) is 0. The summed E-state index contributed by atoms with van der Waals surface area (Å²) in [5, 5.41) is 0. The fourth-order valence-corrected chi connectivity index (χ4v) is 0.946. The Morgan fingerprint density at radius 1 is 1.58 bits per heavy atom. The third-order valence-electron chi connectivity index (χ3n) is 1.67. The number of ketones is 1. The van der Waals surface area contributed by atoms with Gasteiger partial charge in [-0.25, -0.2) is 0 Å². The number of nitrogens with zero attached hydrogens (tertiary/aromatic N) is 2. The average molecular weight is 170 g/mol. The van der Waals surface area contributed by atoms with E-state index in [1.54, 1.807) is 0 Å². The molecular formula is C7H10N2O3. The minimum atomic E-state index is -1.26. The Balaban J connectivity index is 2.68. The molecular weight excluding hydrogens is 160 g/mol. The zero-order valence-electron chi connectivity index (χ0n) is 6.82. The van der Waals surface area contributed by atoms with Crippen molar-refractivity contribution < 1.29 is 19.1 Å². The first-order valence-corrected chi connectivity index (χ1v) is 3.69. The van der Waals surface area contributed by atoms with E-state index in [1.807, 2.05) is 0 Å². The van der Waals surface area contributed by atoms with Crippen molar-refractivity contribution in [1.82, 2.24) is 0 Å². The zero-order chi connectivity index (χ0) is 9.03. The second kappa shape index (κ2) is 3.58. The first kappa shape index (κ1) is 9.06. The summed E-state index contributed by atoms with van der Waals surface area (Å²) in [5.41, 5.74) is 8.12. The van der Waals surface area contributed by atoms with Gasteiger partial charge < -0.3 is 15.0 Å². The van der Waals surface area contributed by atoms with Crippen LogP contribution in [0.5, 0.6) is 0 Å². The summed E-state index contributed by atoms with van der Waals surface area (Å²) in [6.07, 6.45) is 1.56. The van der Waals surface area contributed by atoms with E-state index in [4.69, 9.17) is 15.0 Å². The molecule has 1 heterocycles. The van der Waals surface area contributed by atoms with Crippen molar-refractivity contribution >= 4 is 12.0 Å². The smallest absolute Gasteiger partial charge is 0.328 e. The van der Waals surface area contributed by atoms with Crippen LogP contribution in [0.4, 0.5) is 0 Å². The maximum atomic E-state index is 11.2. The first-order chi connectivity index (χ1) is 5.69. The molecule has 1 aliphatic heterocycles. The van der Waals surface area contributed by atoms with Crippen molar-refractivity contribution in [3.8, 4) is 0 Å². The van der Waals surface area contributed by atoms with Crippen LogP contribution in [0.25, 0.3) is 5.53 Å². The molecule has 0 aromatic carbocycles. The number of hydrogen-bond acceptors (Lipinski definition) is 3. The number of carbonyl (C=O) groups excluding carboxylic acids is 1. The highest BCUT2D eigenvalue weighted by molar-refractivity contribution is 6.28. The molecule has 1 rings (SSSR count). The molecule has 0 radical (unpaired) electrons. The fraction of sp³-hybridized carbons (Fsp3) is 0.714. The summed E-state index contributed by atoms with van der Waals surface area (Å²) in [6.45, 7) is 2.49. The van der Waals surface area contributed by atoms with Gasteiger partial charge in [-0.05, 0) is 13.3 Å². The molecule has 0 aromatic rings. The molecule has 0 saturated carbocycles. The van der Waals surface area contributed by atoms with Gasteiger partial charge in [0.2, 0.25) is 5.79 Å². The molecule has 0 N–H and O–H groups in total. The van der Waals surface area contributed by atoms with Crippen LogP contribution in [-0.2, 0) is 14.3 Å². The predicted molar refractivity (Wildman–Crippen MR) is 39.6 cm³/mol. The third kappa shape index (κ3) is 1.76. The first-order valence-electron chi connectivity index (χ1n) is 3.69. The largest absolute Gasteiger partial charge is 0.361 e.